The molecule has 13 heavy (non-hydrogen) atoms. The first-order valence-corrected chi connectivity index (χ1v) is 4.94. The van der Waals surface area contributed by atoms with Gasteiger partial charge in [-0.1, -0.05) is 0 Å². The second kappa shape index (κ2) is 4.58. The molecule has 1 amide bonds. The van der Waals surface area contributed by atoms with Gasteiger partial charge in [0.25, 0.3) is 5.91 Å². The minimum Gasteiger partial charge on any atom is -0.455 e. The van der Waals surface area contributed by atoms with Crippen LogP contribution in [0.5, 0.6) is 0 Å². The molecule has 0 saturated heterocycles. The number of hydrogen-bond donors (Lipinski definition) is 1. The van der Waals surface area contributed by atoms with Crippen molar-refractivity contribution in [1.82, 2.24) is 5.32 Å². The van der Waals surface area contributed by atoms with E-state index in [0.29, 0.717) is 0 Å². The summed E-state index contributed by atoms with van der Waals surface area (Å²) in [4.78, 5) is 11.0. The molecule has 0 unspecified atom stereocenters. The van der Waals surface area contributed by atoms with Crippen molar-refractivity contribution < 1.29 is 9.21 Å². The van der Waals surface area contributed by atoms with Gasteiger partial charge in [0, 0.05) is 0 Å². The lowest BCUT2D eigenvalue weighted by atomic mass is 10.4. The summed E-state index contributed by atoms with van der Waals surface area (Å²) < 4.78 is 5.15. The van der Waals surface area contributed by atoms with E-state index in [2.05, 4.69) is 0 Å². The average Bonchev–Trinajstić information content (AvgIpc) is 2.54. The molecular formula is C8H8N2O2S. The van der Waals surface area contributed by atoms with Gasteiger partial charge in [0.1, 0.15) is 5.76 Å². The fraction of sp³-hybridized carbons (Fsp3) is 0.250. The molecule has 1 N–H and O–H groups in total. The Morgan fingerprint density at radius 2 is 2.54 bits per heavy atom. The molecule has 0 saturated carbocycles. The third kappa shape index (κ3) is 2.53. The lowest BCUT2D eigenvalue weighted by Crippen LogP contribution is -2.16. The molecule has 0 aliphatic heterocycles. The summed E-state index contributed by atoms with van der Waals surface area (Å²) in [6.07, 6.45) is 3.48. The van der Waals surface area contributed by atoms with Crippen LogP contribution in [-0.4, -0.2) is 12.2 Å². The van der Waals surface area contributed by atoms with Gasteiger partial charge in [0.2, 0.25) is 0 Å². The van der Waals surface area contributed by atoms with Crippen LogP contribution in [0.4, 0.5) is 0 Å². The summed E-state index contributed by atoms with van der Waals surface area (Å²) >= 11 is 1.60. The standard InChI is InChI=1S/C8H8N2O2S/c1-13-4-6-2-3-7(12-6)8(11)10-5-9/h2-3H,4H2,1H3,(H,10,11). The van der Waals surface area contributed by atoms with E-state index in [1.807, 2.05) is 11.6 Å². The molecule has 0 bridgehead atoms. The number of thioether (sulfide) groups is 1. The average molecular weight is 196 g/mol. The molecule has 0 radical (unpaired) electrons. The van der Waals surface area contributed by atoms with Crippen LogP contribution >= 0.6 is 11.8 Å². The van der Waals surface area contributed by atoms with Gasteiger partial charge < -0.3 is 4.42 Å². The zero-order valence-electron chi connectivity index (χ0n) is 7.03. The van der Waals surface area contributed by atoms with Gasteiger partial charge in [0.05, 0.1) is 5.75 Å². The number of amides is 1. The van der Waals surface area contributed by atoms with Crippen molar-refractivity contribution >= 4 is 17.7 Å². The predicted molar refractivity (Wildman–Crippen MR) is 49.0 cm³/mol. The summed E-state index contributed by atoms with van der Waals surface area (Å²) in [6, 6.07) is 3.28. The zero-order valence-corrected chi connectivity index (χ0v) is 7.85. The predicted octanol–water partition coefficient (Wildman–Crippen LogP) is 1.35. The van der Waals surface area contributed by atoms with Crippen LogP contribution in [0.3, 0.4) is 0 Å². The Balaban J connectivity index is 2.69. The summed E-state index contributed by atoms with van der Waals surface area (Å²) in [5.41, 5.74) is 0. The SMILES string of the molecule is CSCc1ccc(C(=O)NC#N)o1. The number of nitriles is 1. The summed E-state index contributed by atoms with van der Waals surface area (Å²) in [5.74, 6) is 1.12. The van der Waals surface area contributed by atoms with E-state index < -0.39 is 5.91 Å². The highest BCUT2D eigenvalue weighted by atomic mass is 32.2. The van der Waals surface area contributed by atoms with Crippen LogP contribution in [0.15, 0.2) is 16.5 Å². The van der Waals surface area contributed by atoms with Crippen LogP contribution in [0.2, 0.25) is 0 Å². The van der Waals surface area contributed by atoms with Crippen LogP contribution in [0, 0.1) is 11.5 Å². The topological polar surface area (TPSA) is 66.0 Å². The first-order chi connectivity index (χ1) is 6.27. The van der Waals surface area contributed by atoms with Crippen molar-refractivity contribution in [2.45, 2.75) is 5.75 Å². The Labute approximate surface area is 79.9 Å². The Morgan fingerprint density at radius 3 is 3.15 bits per heavy atom. The second-order valence-electron chi connectivity index (χ2n) is 2.26. The number of carbonyl (C=O) groups excluding carboxylic acids is 1. The lowest BCUT2D eigenvalue weighted by molar-refractivity contribution is 0.0944. The van der Waals surface area contributed by atoms with Gasteiger partial charge >= 0.3 is 0 Å². The van der Waals surface area contributed by atoms with Crippen LogP contribution < -0.4 is 5.32 Å². The smallest absolute Gasteiger partial charge is 0.299 e. The van der Waals surface area contributed by atoms with E-state index in [1.165, 1.54) is 0 Å². The van der Waals surface area contributed by atoms with Crippen LogP contribution in [0.25, 0.3) is 0 Å². The molecule has 68 valence electrons. The van der Waals surface area contributed by atoms with Gasteiger partial charge in [-0.2, -0.15) is 17.0 Å². The molecule has 0 atom stereocenters. The van der Waals surface area contributed by atoms with Gasteiger partial charge in [0.15, 0.2) is 12.0 Å². The molecule has 0 fully saturated rings. The van der Waals surface area contributed by atoms with Crippen molar-refractivity contribution in [1.29, 1.82) is 5.26 Å². The monoisotopic (exact) mass is 196 g/mol. The Kier molecular flexibility index (Phi) is 3.41. The van der Waals surface area contributed by atoms with E-state index in [1.54, 1.807) is 30.1 Å². The maximum absolute atomic E-state index is 11.0. The third-order valence-corrected chi connectivity index (χ3v) is 1.91. The molecular weight excluding hydrogens is 188 g/mol. The van der Waals surface area contributed by atoms with E-state index in [4.69, 9.17) is 9.68 Å². The fourth-order valence-corrected chi connectivity index (χ4v) is 1.27. The minimum absolute atomic E-state index is 0.172. The summed E-state index contributed by atoms with van der Waals surface area (Å²) in [5, 5.41) is 10.2. The Hall–Kier alpha value is -1.41. The van der Waals surface area contributed by atoms with Gasteiger partial charge in [-0.15, -0.1) is 0 Å². The number of hydrogen-bond acceptors (Lipinski definition) is 4. The van der Waals surface area contributed by atoms with Crippen molar-refractivity contribution in [3.05, 3.63) is 23.7 Å². The molecule has 0 aromatic carbocycles. The Morgan fingerprint density at radius 1 is 1.77 bits per heavy atom. The molecule has 5 heteroatoms. The van der Waals surface area contributed by atoms with E-state index >= 15 is 0 Å². The van der Waals surface area contributed by atoms with Crippen LogP contribution in [-0.2, 0) is 5.75 Å². The maximum Gasteiger partial charge on any atom is 0.299 e. The molecule has 1 aromatic rings. The van der Waals surface area contributed by atoms with Gasteiger partial charge in [-0.25, -0.2) is 0 Å². The third-order valence-electron chi connectivity index (χ3n) is 1.34. The van der Waals surface area contributed by atoms with E-state index in [9.17, 15) is 4.79 Å². The van der Waals surface area contributed by atoms with Crippen LogP contribution in [0.1, 0.15) is 16.3 Å². The summed E-state index contributed by atoms with van der Waals surface area (Å²) in [6.45, 7) is 0. The quantitative estimate of drug-likeness (QED) is 0.585. The molecule has 0 aliphatic rings. The fourth-order valence-electron chi connectivity index (χ4n) is 0.832. The molecule has 0 aliphatic carbocycles. The van der Waals surface area contributed by atoms with Gasteiger partial charge in [-0.05, 0) is 18.4 Å². The second-order valence-corrected chi connectivity index (χ2v) is 3.13. The summed E-state index contributed by atoms with van der Waals surface area (Å²) in [7, 11) is 0. The lowest BCUT2D eigenvalue weighted by Gasteiger charge is -1.92. The normalized spacial score (nSPS) is 9.23. The van der Waals surface area contributed by atoms with Crippen molar-refractivity contribution in [3.8, 4) is 6.19 Å². The molecule has 1 aromatic heterocycles. The molecule has 1 rings (SSSR count). The Bertz CT molecular complexity index is 340. The first kappa shape index (κ1) is 9.68. The van der Waals surface area contributed by atoms with E-state index in [-0.39, 0.29) is 5.76 Å². The molecule has 0 spiro atoms. The van der Waals surface area contributed by atoms with Crippen molar-refractivity contribution in [2.75, 3.05) is 6.26 Å². The van der Waals surface area contributed by atoms with Crippen molar-refractivity contribution in [3.63, 3.8) is 0 Å². The molecule has 4 nitrogen and oxygen atoms in total. The number of nitrogens with zero attached hydrogens (tertiary/aromatic N) is 1. The molecule has 1 heterocycles. The first-order valence-electron chi connectivity index (χ1n) is 3.55. The maximum atomic E-state index is 11.0. The zero-order chi connectivity index (χ0) is 9.68. The van der Waals surface area contributed by atoms with Gasteiger partial charge in [-0.3, -0.25) is 10.1 Å². The largest absolute Gasteiger partial charge is 0.455 e. The highest BCUT2D eigenvalue weighted by Gasteiger charge is 2.09. The number of carbonyl (C=O) groups is 1. The minimum atomic E-state index is -0.505. The highest BCUT2D eigenvalue weighted by molar-refractivity contribution is 7.97. The number of furan rings is 1. The van der Waals surface area contributed by atoms with Crippen molar-refractivity contribution in [2.24, 2.45) is 0 Å². The number of nitrogens with one attached hydrogen (secondary N) is 1. The van der Waals surface area contributed by atoms with E-state index in [0.717, 1.165) is 11.5 Å². The highest BCUT2D eigenvalue weighted by Crippen LogP contribution is 2.12. The number of rotatable bonds is 3.